The van der Waals surface area contributed by atoms with Crippen molar-refractivity contribution in [3.05, 3.63) is 0 Å². The van der Waals surface area contributed by atoms with E-state index in [1.165, 1.54) is 31.4 Å². The summed E-state index contributed by atoms with van der Waals surface area (Å²) < 4.78 is 0. The van der Waals surface area contributed by atoms with Gasteiger partial charge < -0.3 is 10.6 Å². The standard InChI is InChI=1S/C13H23N3OS/c1-2-14-12(17)7-8-15-13-16-11-6-4-3-5-10(11)9-18-13/h10-11H,2-9H2,1H3,(H,14,17)(H,15,16). The van der Waals surface area contributed by atoms with Crippen LogP contribution < -0.4 is 10.6 Å². The Balaban J connectivity index is 1.74. The minimum absolute atomic E-state index is 0.0956. The molecule has 2 aliphatic rings. The number of amides is 1. The number of nitrogens with zero attached hydrogens (tertiary/aromatic N) is 1. The zero-order valence-corrected chi connectivity index (χ0v) is 11.9. The molecule has 18 heavy (non-hydrogen) atoms. The van der Waals surface area contributed by atoms with Crippen LogP contribution in [0.4, 0.5) is 0 Å². The van der Waals surface area contributed by atoms with Gasteiger partial charge in [0, 0.05) is 24.8 Å². The van der Waals surface area contributed by atoms with Crippen molar-refractivity contribution in [3.8, 4) is 0 Å². The number of amidine groups is 1. The van der Waals surface area contributed by atoms with E-state index >= 15 is 0 Å². The van der Waals surface area contributed by atoms with E-state index in [0.29, 0.717) is 25.6 Å². The summed E-state index contributed by atoms with van der Waals surface area (Å²) in [6, 6.07) is 0.628. The normalized spacial score (nSPS) is 29.5. The largest absolute Gasteiger partial charge is 0.362 e. The lowest BCUT2D eigenvalue weighted by molar-refractivity contribution is -0.120. The molecule has 0 radical (unpaired) electrons. The zero-order valence-electron chi connectivity index (χ0n) is 11.1. The maximum Gasteiger partial charge on any atom is 0.221 e. The first-order valence-corrected chi connectivity index (χ1v) is 7.98. The van der Waals surface area contributed by atoms with Crippen LogP contribution in [0.2, 0.25) is 0 Å². The second-order valence-electron chi connectivity index (χ2n) is 5.00. The number of fused-ring (bicyclic) bond motifs is 1. The van der Waals surface area contributed by atoms with Gasteiger partial charge in [-0.3, -0.25) is 9.79 Å². The molecule has 0 bridgehead atoms. The fourth-order valence-electron chi connectivity index (χ4n) is 2.62. The van der Waals surface area contributed by atoms with E-state index in [-0.39, 0.29) is 5.91 Å². The molecule has 2 unspecified atom stereocenters. The third kappa shape index (κ3) is 3.90. The molecule has 1 aliphatic carbocycles. The Labute approximate surface area is 113 Å². The zero-order chi connectivity index (χ0) is 12.8. The summed E-state index contributed by atoms with van der Waals surface area (Å²) in [5, 5.41) is 7.38. The highest BCUT2D eigenvalue weighted by molar-refractivity contribution is 8.13. The first-order valence-electron chi connectivity index (χ1n) is 7.00. The Morgan fingerprint density at radius 1 is 1.50 bits per heavy atom. The van der Waals surface area contributed by atoms with Crippen LogP contribution in [0.15, 0.2) is 4.99 Å². The van der Waals surface area contributed by atoms with Gasteiger partial charge in [-0.1, -0.05) is 24.6 Å². The molecule has 2 fully saturated rings. The highest BCUT2D eigenvalue weighted by Gasteiger charge is 2.29. The van der Waals surface area contributed by atoms with Gasteiger partial charge in [0.05, 0.1) is 6.54 Å². The maximum absolute atomic E-state index is 11.3. The summed E-state index contributed by atoms with van der Waals surface area (Å²) in [6.45, 7) is 3.23. The van der Waals surface area contributed by atoms with Crippen molar-refractivity contribution in [1.82, 2.24) is 10.6 Å². The molecule has 2 rings (SSSR count). The van der Waals surface area contributed by atoms with Gasteiger partial charge >= 0.3 is 0 Å². The lowest BCUT2D eigenvalue weighted by Gasteiger charge is -2.36. The fraction of sp³-hybridized carbons (Fsp3) is 0.846. The number of carbonyl (C=O) groups excluding carboxylic acids is 1. The molecule has 1 saturated carbocycles. The van der Waals surface area contributed by atoms with Gasteiger partial charge in [0.2, 0.25) is 5.91 Å². The molecule has 0 aromatic carbocycles. The molecule has 0 spiro atoms. The second kappa shape index (κ2) is 7.02. The number of rotatable bonds is 4. The van der Waals surface area contributed by atoms with Crippen LogP contribution in [0.1, 0.15) is 39.0 Å². The highest BCUT2D eigenvalue weighted by atomic mass is 32.2. The average molecular weight is 269 g/mol. The van der Waals surface area contributed by atoms with Gasteiger partial charge in [0.25, 0.3) is 0 Å². The second-order valence-corrected chi connectivity index (χ2v) is 6.01. The molecular weight excluding hydrogens is 246 g/mol. The van der Waals surface area contributed by atoms with E-state index in [9.17, 15) is 4.79 Å². The van der Waals surface area contributed by atoms with E-state index in [4.69, 9.17) is 0 Å². The number of aliphatic imine (C=N–C) groups is 1. The van der Waals surface area contributed by atoms with Gasteiger partial charge in [-0.05, 0) is 25.7 Å². The molecule has 2 N–H and O–H groups in total. The van der Waals surface area contributed by atoms with E-state index < -0.39 is 0 Å². The van der Waals surface area contributed by atoms with Gasteiger partial charge in [0.15, 0.2) is 5.17 Å². The molecule has 1 heterocycles. The minimum atomic E-state index is 0.0956. The van der Waals surface area contributed by atoms with Crippen LogP contribution in [0.3, 0.4) is 0 Å². The first kappa shape index (κ1) is 13.7. The minimum Gasteiger partial charge on any atom is -0.362 e. The lowest BCUT2D eigenvalue weighted by Crippen LogP contribution is -2.46. The quantitative estimate of drug-likeness (QED) is 0.818. The van der Waals surface area contributed by atoms with Gasteiger partial charge in [-0.25, -0.2) is 0 Å². The van der Waals surface area contributed by atoms with Crippen molar-refractivity contribution in [2.45, 2.75) is 45.1 Å². The molecule has 1 amide bonds. The lowest BCUT2D eigenvalue weighted by atomic mass is 9.86. The summed E-state index contributed by atoms with van der Waals surface area (Å²) in [6.07, 6.45) is 5.85. The number of hydrogen-bond acceptors (Lipinski definition) is 3. The average Bonchev–Trinajstić information content (AvgIpc) is 2.39. The first-order chi connectivity index (χ1) is 8.79. The van der Waals surface area contributed by atoms with Crippen molar-refractivity contribution in [1.29, 1.82) is 0 Å². The van der Waals surface area contributed by atoms with E-state index in [0.717, 1.165) is 11.1 Å². The SMILES string of the molecule is CCNC(=O)CCN=C1NC2CCCCC2CS1. The molecular formula is C13H23N3OS. The van der Waals surface area contributed by atoms with Crippen LogP contribution in [-0.4, -0.2) is 36.0 Å². The summed E-state index contributed by atoms with van der Waals surface area (Å²) in [5.74, 6) is 2.11. The number of hydrogen-bond donors (Lipinski definition) is 2. The van der Waals surface area contributed by atoms with E-state index in [2.05, 4.69) is 15.6 Å². The van der Waals surface area contributed by atoms with Gasteiger partial charge in [0.1, 0.15) is 0 Å². The summed E-state index contributed by atoms with van der Waals surface area (Å²) in [7, 11) is 0. The number of thioether (sulfide) groups is 1. The van der Waals surface area contributed by atoms with Crippen molar-refractivity contribution < 1.29 is 4.79 Å². The Hall–Kier alpha value is -0.710. The Kier molecular flexibility index (Phi) is 5.35. The third-order valence-electron chi connectivity index (χ3n) is 3.62. The maximum atomic E-state index is 11.3. The molecule has 5 heteroatoms. The van der Waals surface area contributed by atoms with Crippen LogP contribution >= 0.6 is 11.8 Å². The summed E-state index contributed by atoms with van der Waals surface area (Å²) in [5.41, 5.74) is 0. The highest BCUT2D eigenvalue weighted by Crippen LogP contribution is 2.31. The topological polar surface area (TPSA) is 53.5 Å². The van der Waals surface area contributed by atoms with Gasteiger partial charge in [-0.15, -0.1) is 0 Å². The number of carbonyl (C=O) groups is 1. The third-order valence-corrected chi connectivity index (χ3v) is 4.74. The molecule has 0 aromatic rings. The molecule has 1 aliphatic heterocycles. The van der Waals surface area contributed by atoms with Crippen molar-refractivity contribution in [2.24, 2.45) is 10.9 Å². The van der Waals surface area contributed by atoms with Crippen molar-refractivity contribution in [3.63, 3.8) is 0 Å². The Bertz CT molecular complexity index is 319. The smallest absolute Gasteiger partial charge is 0.221 e. The monoisotopic (exact) mass is 269 g/mol. The van der Waals surface area contributed by atoms with E-state index in [1.807, 2.05) is 18.7 Å². The Morgan fingerprint density at radius 3 is 3.17 bits per heavy atom. The molecule has 2 atom stereocenters. The number of nitrogens with one attached hydrogen (secondary N) is 2. The van der Waals surface area contributed by atoms with Crippen LogP contribution in [0.5, 0.6) is 0 Å². The molecule has 0 aromatic heterocycles. The Morgan fingerprint density at radius 2 is 2.33 bits per heavy atom. The summed E-state index contributed by atoms with van der Waals surface area (Å²) in [4.78, 5) is 15.8. The molecule has 102 valence electrons. The summed E-state index contributed by atoms with van der Waals surface area (Å²) >= 11 is 1.82. The van der Waals surface area contributed by atoms with Crippen molar-refractivity contribution >= 4 is 22.8 Å². The molecule has 1 saturated heterocycles. The fourth-order valence-corrected chi connectivity index (χ4v) is 3.81. The van der Waals surface area contributed by atoms with E-state index in [1.54, 1.807) is 0 Å². The van der Waals surface area contributed by atoms with Crippen LogP contribution in [0, 0.1) is 5.92 Å². The van der Waals surface area contributed by atoms with Crippen molar-refractivity contribution in [2.75, 3.05) is 18.8 Å². The molecule has 4 nitrogen and oxygen atoms in total. The predicted molar refractivity (Wildman–Crippen MR) is 76.9 cm³/mol. The van der Waals surface area contributed by atoms with Crippen LogP contribution in [-0.2, 0) is 4.79 Å². The van der Waals surface area contributed by atoms with Gasteiger partial charge in [-0.2, -0.15) is 0 Å². The predicted octanol–water partition coefficient (Wildman–Crippen LogP) is 1.76. The van der Waals surface area contributed by atoms with Crippen LogP contribution in [0.25, 0.3) is 0 Å².